The van der Waals surface area contributed by atoms with Crippen molar-refractivity contribution in [3.8, 4) is 11.4 Å². The number of nitrogens with zero attached hydrogens (tertiary/aromatic N) is 5. The van der Waals surface area contributed by atoms with Gasteiger partial charge in [0.25, 0.3) is 5.91 Å². The van der Waals surface area contributed by atoms with Crippen LogP contribution in [0.1, 0.15) is 15.9 Å². The van der Waals surface area contributed by atoms with Crippen LogP contribution in [-0.4, -0.2) is 31.3 Å². The van der Waals surface area contributed by atoms with E-state index in [1.54, 1.807) is 0 Å². The molecule has 3 rings (SSSR count). The molecule has 7 nitrogen and oxygen atoms in total. The summed E-state index contributed by atoms with van der Waals surface area (Å²) in [5.41, 5.74) is 1.98. The number of carbonyl (C=O) groups excluding carboxylic acids is 1. The van der Waals surface area contributed by atoms with Crippen molar-refractivity contribution in [3.63, 3.8) is 0 Å². The Morgan fingerprint density at radius 1 is 1.04 bits per heavy atom. The lowest BCUT2D eigenvalue weighted by atomic mass is 10.1. The van der Waals surface area contributed by atoms with E-state index in [0.717, 1.165) is 17.2 Å². The fourth-order valence-corrected chi connectivity index (χ4v) is 1.89. The second-order valence-electron chi connectivity index (χ2n) is 4.62. The molecule has 114 valence electrons. The zero-order valence-corrected chi connectivity index (χ0v) is 11.8. The Morgan fingerprint density at radius 2 is 1.78 bits per heavy atom. The molecule has 0 saturated heterocycles. The van der Waals surface area contributed by atoms with Crippen LogP contribution < -0.4 is 5.32 Å². The van der Waals surface area contributed by atoms with Crippen molar-refractivity contribution in [2.24, 2.45) is 0 Å². The Bertz CT molecular complexity index is 792. The van der Waals surface area contributed by atoms with E-state index in [9.17, 15) is 9.18 Å². The number of halogens is 1. The molecule has 2 aromatic heterocycles. The summed E-state index contributed by atoms with van der Waals surface area (Å²) in [5.74, 6) is -0.508. The highest BCUT2D eigenvalue weighted by Gasteiger charge is 2.06. The van der Waals surface area contributed by atoms with Gasteiger partial charge in [0.2, 0.25) is 11.8 Å². The molecule has 0 fully saturated rings. The Hall–Kier alpha value is -3.29. The largest absolute Gasteiger partial charge is 0.348 e. The molecule has 0 unspecified atom stereocenters. The first kappa shape index (κ1) is 14.6. The lowest BCUT2D eigenvalue weighted by Gasteiger charge is -2.06. The van der Waals surface area contributed by atoms with Gasteiger partial charge in [0.1, 0.15) is 0 Å². The number of aromatic nitrogens is 5. The first-order valence-electron chi connectivity index (χ1n) is 6.72. The first-order valence-corrected chi connectivity index (χ1v) is 6.72. The molecular weight excluding hydrogens is 298 g/mol. The van der Waals surface area contributed by atoms with Crippen LogP contribution >= 0.6 is 0 Å². The van der Waals surface area contributed by atoms with Gasteiger partial charge in [-0.25, -0.2) is 4.98 Å². The normalized spacial score (nSPS) is 10.3. The lowest BCUT2D eigenvalue weighted by molar-refractivity contribution is 0.0950. The van der Waals surface area contributed by atoms with Crippen molar-refractivity contribution in [2.75, 3.05) is 0 Å². The average molecular weight is 309 g/mol. The average Bonchev–Trinajstić information content (AvgIpc) is 2.61. The number of benzene rings is 1. The summed E-state index contributed by atoms with van der Waals surface area (Å²) in [6.07, 6.45) is 2.46. The highest BCUT2D eigenvalue weighted by atomic mass is 18.2. The third kappa shape index (κ3) is 3.67. The van der Waals surface area contributed by atoms with E-state index in [4.69, 9.17) is 0 Å². The minimum Gasteiger partial charge on any atom is -0.348 e. The molecule has 0 aliphatic heterocycles. The van der Waals surface area contributed by atoms with Crippen LogP contribution in [0.25, 0.3) is 11.4 Å². The number of hydrogen-bond acceptors (Lipinski definition) is 6. The molecule has 0 spiro atoms. The highest BCUT2D eigenvalue weighted by molar-refractivity contribution is 5.93. The minimum atomic E-state index is -0.621. The SMILES string of the molecule is O=C(NCc1ccc(-c2nncnn2)cc1)c1ccc([18F])nc1. The third-order valence-corrected chi connectivity index (χ3v) is 3.06. The Morgan fingerprint density at radius 3 is 2.43 bits per heavy atom. The van der Waals surface area contributed by atoms with Crippen molar-refractivity contribution in [3.05, 3.63) is 66.0 Å². The smallest absolute Gasteiger partial charge is 0.253 e. The molecular formula is C15H11FN6O. The number of nitrogens with one attached hydrogen (secondary N) is 1. The molecule has 1 N–H and O–H groups in total. The monoisotopic (exact) mass is 309 g/mol. The molecule has 2 heterocycles. The summed E-state index contributed by atoms with van der Waals surface area (Å²) in [5, 5.41) is 17.8. The van der Waals surface area contributed by atoms with Gasteiger partial charge in [0.15, 0.2) is 6.33 Å². The van der Waals surface area contributed by atoms with Crippen LogP contribution in [0.4, 0.5) is 4.39 Å². The predicted octanol–water partition coefficient (Wildman–Crippen LogP) is 1.40. The summed E-state index contributed by atoms with van der Waals surface area (Å²) in [6.45, 7) is 0.336. The maximum Gasteiger partial charge on any atom is 0.253 e. The molecule has 0 aliphatic carbocycles. The molecule has 8 heteroatoms. The lowest BCUT2D eigenvalue weighted by Crippen LogP contribution is -2.22. The van der Waals surface area contributed by atoms with E-state index < -0.39 is 5.95 Å². The Labute approximate surface area is 130 Å². The van der Waals surface area contributed by atoms with Crippen molar-refractivity contribution < 1.29 is 9.18 Å². The molecule has 0 bridgehead atoms. The van der Waals surface area contributed by atoms with Crippen molar-refractivity contribution in [1.82, 2.24) is 30.7 Å². The molecule has 1 amide bonds. The second-order valence-corrected chi connectivity index (χ2v) is 4.62. The molecule has 0 aliphatic rings. The van der Waals surface area contributed by atoms with Gasteiger partial charge in [-0.05, 0) is 17.7 Å². The van der Waals surface area contributed by atoms with Crippen molar-refractivity contribution in [1.29, 1.82) is 0 Å². The number of pyridine rings is 1. The van der Waals surface area contributed by atoms with Crippen LogP contribution in [-0.2, 0) is 6.54 Å². The molecule has 0 saturated carbocycles. The van der Waals surface area contributed by atoms with E-state index in [-0.39, 0.29) is 5.91 Å². The fraction of sp³-hybridized carbons (Fsp3) is 0.0667. The van der Waals surface area contributed by atoms with E-state index in [1.165, 1.54) is 18.6 Å². The summed E-state index contributed by atoms with van der Waals surface area (Å²) in [4.78, 5) is 15.4. The standard InChI is InChI=1S/C15H11FN6O/c16-13-6-5-12(8-17-13)15(23)18-7-10-1-3-11(4-2-10)14-21-19-9-20-22-14/h1-6,8-9H,7H2,(H,18,23)/i16-1. The number of carbonyl (C=O) groups is 1. The van der Waals surface area contributed by atoms with Gasteiger partial charge in [-0.15, -0.1) is 20.4 Å². The van der Waals surface area contributed by atoms with Crippen molar-refractivity contribution in [2.45, 2.75) is 6.54 Å². The van der Waals surface area contributed by atoms with Gasteiger partial charge in [0.05, 0.1) is 5.56 Å². The van der Waals surface area contributed by atoms with E-state index in [1.807, 2.05) is 24.3 Å². The highest BCUT2D eigenvalue weighted by Crippen LogP contribution is 2.13. The van der Waals surface area contributed by atoms with Crippen LogP contribution in [0.15, 0.2) is 48.9 Å². The molecule has 1 aromatic carbocycles. The fourth-order valence-electron chi connectivity index (χ4n) is 1.89. The third-order valence-electron chi connectivity index (χ3n) is 3.06. The van der Waals surface area contributed by atoms with Crippen LogP contribution in [0.3, 0.4) is 0 Å². The van der Waals surface area contributed by atoms with E-state index >= 15 is 0 Å². The van der Waals surface area contributed by atoms with Gasteiger partial charge in [-0.1, -0.05) is 24.3 Å². The van der Waals surface area contributed by atoms with Gasteiger partial charge < -0.3 is 5.32 Å². The Balaban J connectivity index is 1.62. The van der Waals surface area contributed by atoms with Crippen molar-refractivity contribution >= 4 is 5.91 Å². The minimum absolute atomic E-state index is 0.304. The van der Waals surface area contributed by atoms with E-state index in [0.29, 0.717) is 17.9 Å². The molecule has 0 atom stereocenters. The predicted molar refractivity (Wildman–Crippen MR) is 78.4 cm³/mol. The molecule has 3 aromatic rings. The second kappa shape index (κ2) is 6.65. The van der Waals surface area contributed by atoms with Crippen LogP contribution in [0.5, 0.6) is 0 Å². The van der Waals surface area contributed by atoms with Crippen LogP contribution in [0.2, 0.25) is 0 Å². The number of amides is 1. The van der Waals surface area contributed by atoms with Crippen LogP contribution in [0, 0.1) is 5.95 Å². The summed E-state index contributed by atoms with van der Waals surface area (Å²) in [6, 6.07) is 9.85. The quantitative estimate of drug-likeness (QED) is 0.732. The molecule has 0 radical (unpaired) electrons. The van der Waals surface area contributed by atoms with Gasteiger partial charge in [-0.3, -0.25) is 4.79 Å². The molecule has 23 heavy (non-hydrogen) atoms. The number of rotatable bonds is 4. The number of hydrogen-bond donors (Lipinski definition) is 1. The first-order chi connectivity index (χ1) is 11.2. The van der Waals surface area contributed by atoms with Gasteiger partial charge in [0, 0.05) is 18.3 Å². The summed E-state index contributed by atoms with van der Waals surface area (Å²) in [7, 11) is 0. The topological polar surface area (TPSA) is 93.6 Å². The zero-order chi connectivity index (χ0) is 16.1. The maximum atomic E-state index is 12.7. The summed E-state index contributed by atoms with van der Waals surface area (Å²) < 4.78 is 12.7. The Kier molecular flexibility index (Phi) is 4.23. The van der Waals surface area contributed by atoms with Gasteiger partial charge >= 0.3 is 0 Å². The van der Waals surface area contributed by atoms with Gasteiger partial charge in [-0.2, -0.15) is 4.39 Å². The zero-order valence-electron chi connectivity index (χ0n) is 11.8. The van der Waals surface area contributed by atoms with E-state index in [2.05, 4.69) is 30.7 Å². The summed E-state index contributed by atoms with van der Waals surface area (Å²) >= 11 is 0. The maximum absolute atomic E-state index is 12.7.